The van der Waals surface area contributed by atoms with Gasteiger partial charge in [-0.15, -0.1) is 0 Å². The molecule has 1 N–H and O–H groups in total. The second-order valence-corrected chi connectivity index (χ2v) is 6.55. The molecule has 0 aliphatic carbocycles. The number of carbonyl (C=O) groups excluding carboxylic acids is 1. The third-order valence-corrected chi connectivity index (χ3v) is 4.39. The van der Waals surface area contributed by atoms with Gasteiger partial charge in [-0.2, -0.15) is 13.2 Å². The predicted molar refractivity (Wildman–Crippen MR) is 98.3 cm³/mol. The summed E-state index contributed by atoms with van der Waals surface area (Å²) in [7, 11) is 0. The first-order valence-corrected chi connectivity index (χ1v) is 8.36. The molecule has 0 spiro atoms. The largest absolute Gasteiger partial charge is 0.416 e. The smallest absolute Gasteiger partial charge is 0.338 e. The van der Waals surface area contributed by atoms with Gasteiger partial charge in [-0.3, -0.25) is 9.59 Å². The van der Waals surface area contributed by atoms with Gasteiger partial charge in [-0.05, 0) is 36.4 Å². The van der Waals surface area contributed by atoms with Crippen LogP contribution in [0.5, 0.6) is 0 Å². The van der Waals surface area contributed by atoms with Gasteiger partial charge in [0.2, 0.25) is 5.91 Å². The van der Waals surface area contributed by atoms with Gasteiger partial charge >= 0.3 is 6.18 Å². The summed E-state index contributed by atoms with van der Waals surface area (Å²) in [5.41, 5.74) is -0.863. The van der Waals surface area contributed by atoms with Gasteiger partial charge in [0.1, 0.15) is 6.54 Å². The summed E-state index contributed by atoms with van der Waals surface area (Å²) in [6, 6.07) is 8.59. The number of anilines is 1. The Morgan fingerprint density at radius 3 is 2.52 bits per heavy atom. The molecule has 0 fully saturated rings. The number of hydrogen-bond acceptors (Lipinski definition) is 2. The van der Waals surface area contributed by atoms with Crippen molar-refractivity contribution in [1.82, 2.24) is 4.57 Å². The molecule has 4 nitrogen and oxygen atoms in total. The van der Waals surface area contributed by atoms with Gasteiger partial charge in [0.15, 0.2) is 5.43 Å². The Balaban J connectivity index is 1.88. The molecule has 0 unspecified atom stereocenters. The minimum absolute atomic E-state index is 0.0205. The van der Waals surface area contributed by atoms with Gasteiger partial charge in [-0.25, -0.2) is 0 Å². The summed E-state index contributed by atoms with van der Waals surface area (Å²) in [6.07, 6.45) is -3.13. The molecule has 0 atom stereocenters. The minimum atomic E-state index is -4.56. The topological polar surface area (TPSA) is 51.1 Å². The lowest BCUT2D eigenvalue weighted by Gasteiger charge is -2.14. The van der Waals surface area contributed by atoms with Crippen LogP contribution in [-0.4, -0.2) is 10.5 Å². The average molecular weight is 415 g/mol. The molecule has 3 aromatic rings. The van der Waals surface area contributed by atoms with Crippen LogP contribution < -0.4 is 10.7 Å². The van der Waals surface area contributed by atoms with Gasteiger partial charge < -0.3 is 9.88 Å². The van der Waals surface area contributed by atoms with Gasteiger partial charge in [-0.1, -0.05) is 23.2 Å². The van der Waals surface area contributed by atoms with Crippen molar-refractivity contribution in [2.75, 3.05) is 5.32 Å². The van der Waals surface area contributed by atoms with E-state index in [0.717, 1.165) is 18.2 Å². The predicted octanol–water partition coefficient (Wildman–Crippen LogP) is 4.97. The Labute approximate surface area is 161 Å². The fourth-order valence-electron chi connectivity index (χ4n) is 2.56. The highest BCUT2D eigenvalue weighted by molar-refractivity contribution is 6.33. The second kappa shape index (κ2) is 7.25. The number of benzene rings is 2. The number of alkyl halides is 3. The lowest BCUT2D eigenvalue weighted by atomic mass is 10.2. The molecule has 0 aliphatic heterocycles. The Morgan fingerprint density at radius 2 is 1.81 bits per heavy atom. The molecule has 0 bridgehead atoms. The number of aromatic nitrogens is 1. The number of hydrogen-bond donors (Lipinski definition) is 1. The fraction of sp³-hybridized carbons (Fsp3) is 0.111. The normalized spacial score (nSPS) is 11.6. The van der Waals surface area contributed by atoms with Crippen LogP contribution in [0.1, 0.15) is 5.56 Å². The molecule has 1 amide bonds. The SMILES string of the molecule is O=C(Cn1ccc(=O)c2cc(Cl)ccc21)Nc1cc(C(F)(F)F)ccc1Cl. The lowest BCUT2D eigenvalue weighted by Crippen LogP contribution is -2.21. The van der Waals surface area contributed by atoms with Gasteiger partial charge in [0, 0.05) is 22.7 Å². The first kappa shape index (κ1) is 19.3. The molecule has 2 aromatic carbocycles. The van der Waals surface area contributed by atoms with Gasteiger partial charge in [0.25, 0.3) is 0 Å². The summed E-state index contributed by atoms with van der Waals surface area (Å²) in [5, 5.41) is 3.05. The third-order valence-electron chi connectivity index (χ3n) is 3.82. The van der Waals surface area contributed by atoms with Crippen molar-refractivity contribution >= 4 is 45.7 Å². The van der Waals surface area contributed by atoms with E-state index >= 15 is 0 Å². The molecule has 1 aromatic heterocycles. The van der Waals surface area contributed by atoms with E-state index in [-0.39, 0.29) is 22.7 Å². The molecule has 3 rings (SSSR count). The van der Waals surface area contributed by atoms with Crippen LogP contribution in [0.2, 0.25) is 10.0 Å². The number of halogens is 5. The summed E-state index contributed by atoms with van der Waals surface area (Å²) in [6.45, 7) is -0.231. The lowest BCUT2D eigenvalue weighted by molar-refractivity contribution is -0.137. The number of fused-ring (bicyclic) bond motifs is 1. The average Bonchev–Trinajstić information content (AvgIpc) is 2.58. The number of nitrogens with zero attached hydrogens (tertiary/aromatic N) is 1. The molecule has 9 heteroatoms. The fourth-order valence-corrected chi connectivity index (χ4v) is 2.90. The maximum absolute atomic E-state index is 12.8. The molecule has 140 valence electrons. The van der Waals surface area contributed by atoms with Crippen LogP contribution in [0.4, 0.5) is 18.9 Å². The van der Waals surface area contributed by atoms with Crippen molar-refractivity contribution in [3.8, 4) is 0 Å². The standard InChI is InChI=1S/C18H11Cl2F3N2O2/c19-11-2-4-15-12(8-11)16(26)5-6-25(15)9-17(27)24-14-7-10(18(21,22)23)1-3-13(14)20/h1-8H,9H2,(H,24,27). The summed E-state index contributed by atoms with van der Waals surface area (Å²) < 4.78 is 40.0. The first-order chi connectivity index (χ1) is 12.6. The number of rotatable bonds is 3. The molecular formula is C18H11Cl2F3N2O2. The Bertz CT molecular complexity index is 1090. The monoisotopic (exact) mass is 414 g/mol. The second-order valence-electron chi connectivity index (χ2n) is 5.71. The van der Waals surface area contributed by atoms with E-state index in [4.69, 9.17) is 23.2 Å². The highest BCUT2D eigenvalue weighted by Crippen LogP contribution is 2.33. The van der Waals surface area contributed by atoms with E-state index in [9.17, 15) is 22.8 Å². The molecule has 0 saturated heterocycles. The molecule has 0 radical (unpaired) electrons. The van der Waals surface area contributed by atoms with Crippen molar-refractivity contribution in [2.45, 2.75) is 12.7 Å². The highest BCUT2D eigenvalue weighted by Gasteiger charge is 2.31. The maximum atomic E-state index is 12.8. The Morgan fingerprint density at radius 1 is 1.07 bits per heavy atom. The van der Waals surface area contributed by atoms with Crippen LogP contribution in [0.15, 0.2) is 53.5 Å². The zero-order valence-corrected chi connectivity index (χ0v) is 15.0. The van der Waals surface area contributed by atoms with E-state index in [1.165, 1.54) is 22.9 Å². The van der Waals surface area contributed by atoms with E-state index in [0.29, 0.717) is 15.9 Å². The molecule has 0 aliphatic rings. The molecule has 0 saturated carbocycles. The van der Waals surface area contributed by atoms with E-state index in [2.05, 4.69) is 5.32 Å². The van der Waals surface area contributed by atoms with E-state index < -0.39 is 17.6 Å². The maximum Gasteiger partial charge on any atom is 0.416 e. The van der Waals surface area contributed by atoms with Crippen LogP contribution in [0, 0.1) is 0 Å². The number of pyridine rings is 1. The zero-order valence-electron chi connectivity index (χ0n) is 13.5. The molecule has 1 heterocycles. The Kier molecular flexibility index (Phi) is 5.17. The van der Waals surface area contributed by atoms with Crippen LogP contribution in [0.25, 0.3) is 10.9 Å². The van der Waals surface area contributed by atoms with Crippen molar-refractivity contribution < 1.29 is 18.0 Å². The minimum Gasteiger partial charge on any atom is -0.338 e. The van der Waals surface area contributed by atoms with Crippen molar-refractivity contribution in [3.05, 3.63) is 74.5 Å². The third kappa shape index (κ3) is 4.26. The summed E-state index contributed by atoms with van der Waals surface area (Å²) in [4.78, 5) is 24.3. The number of carbonyl (C=O) groups is 1. The molecular weight excluding hydrogens is 404 g/mol. The zero-order chi connectivity index (χ0) is 19.8. The highest BCUT2D eigenvalue weighted by atomic mass is 35.5. The van der Waals surface area contributed by atoms with Crippen LogP contribution in [-0.2, 0) is 17.5 Å². The summed E-state index contributed by atoms with van der Waals surface area (Å²) >= 11 is 11.8. The molecule has 27 heavy (non-hydrogen) atoms. The van der Waals surface area contributed by atoms with E-state index in [1.807, 2.05) is 0 Å². The van der Waals surface area contributed by atoms with Crippen molar-refractivity contribution in [3.63, 3.8) is 0 Å². The van der Waals surface area contributed by atoms with Crippen molar-refractivity contribution in [1.29, 1.82) is 0 Å². The van der Waals surface area contributed by atoms with Crippen LogP contribution in [0.3, 0.4) is 0 Å². The number of nitrogens with one attached hydrogen (secondary N) is 1. The number of amides is 1. The first-order valence-electron chi connectivity index (χ1n) is 7.60. The Hall–Kier alpha value is -2.51. The van der Waals surface area contributed by atoms with Gasteiger partial charge in [0.05, 0.1) is 21.8 Å². The quantitative estimate of drug-likeness (QED) is 0.657. The van der Waals surface area contributed by atoms with Crippen LogP contribution >= 0.6 is 23.2 Å². The van der Waals surface area contributed by atoms with E-state index in [1.54, 1.807) is 12.1 Å². The van der Waals surface area contributed by atoms with Crippen molar-refractivity contribution in [2.24, 2.45) is 0 Å². The summed E-state index contributed by atoms with van der Waals surface area (Å²) in [5.74, 6) is -0.601.